The van der Waals surface area contributed by atoms with E-state index in [0.717, 1.165) is 18.6 Å². The third kappa shape index (κ3) is 5.14. The molecular weight excluding hydrogens is 329 g/mol. The van der Waals surface area contributed by atoms with Gasteiger partial charge in [-0.2, -0.15) is 13.2 Å². The molecule has 0 aliphatic carbocycles. The van der Waals surface area contributed by atoms with Crippen LogP contribution < -0.4 is 10.0 Å². The topological polar surface area (TPSA) is 58.2 Å². The zero-order valence-corrected chi connectivity index (χ0v) is 12.9. The Bertz CT molecular complexity index is 576. The first-order valence-corrected chi connectivity index (χ1v) is 8.12. The van der Waals surface area contributed by atoms with E-state index < -0.39 is 31.7 Å². The lowest BCUT2D eigenvalue weighted by Crippen LogP contribution is -2.33. The van der Waals surface area contributed by atoms with Crippen LogP contribution >= 0.6 is 11.6 Å². The molecule has 0 saturated heterocycles. The number of hydrogen-bond acceptors (Lipinski definition) is 3. The van der Waals surface area contributed by atoms with Gasteiger partial charge in [0.1, 0.15) is 4.90 Å². The SMILES string of the molecule is CCCNCCNS(=O)(=O)c1c(Cl)cccc1C(F)(F)F. The summed E-state index contributed by atoms with van der Waals surface area (Å²) in [4.78, 5) is -0.936. The third-order valence-corrected chi connectivity index (χ3v) is 4.55. The van der Waals surface area contributed by atoms with Crippen molar-refractivity contribution in [3.63, 3.8) is 0 Å². The molecule has 0 aliphatic heterocycles. The van der Waals surface area contributed by atoms with E-state index in [9.17, 15) is 21.6 Å². The minimum absolute atomic E-state index is 0.0230. The standard InChI is InChI=1S/C12H16ClF3N2O2S/c1-2-6-17-7-8-18-21(19,20)11-9(12(14,15)16)4-3-5-10(11)13/h3-5,17-18H,2,6-8H2,1H3. The highest BCUT2D eigenvalue weighted by Crippen LogP contribution is 2.37. The van der Waals surface area contributed by atoms with Crippen LogP contribution in [0.5, 0.6) is 0 Å². The average molecular weight is 345 g/mol. The molecule has 0 bridgehead atoms. The van der Waals surface area contributed by atoms with Gasteiger partial charge in [-0.25, -0.2) is 13.1 Å². The number of hydrogen-bond donors (Lipinski definition) is 2. The van der Waals surface area contributed by atoms with Crippen molar-refractivity contribution < 1.29 is 21.6 Å². The highest BCUT2D eigenvalue weighted by Gasteiger charge is 2.38. The predicted octanol–water partition coefficient (Wildman–Crippen LogP) is 2.64. The third-order valence-electron chi connectivity index (χ3n) is 2.56. The van der Waals surface area contributed by atoms with Gasteiger partial charge in [-0.05, 0) is 25.1 Å². The first kappa shape index (κ1) is 18.2. The Morgan fingerprint density at radius 3 is 2.43 bits per heavy atom. The van der Waals surface area contributed by atoms with Gasteiger partial charge in [0.25, 0.3) is 0 Å². The Morgan fingerprint density at radius 2 is 1.86 bits per heavy atom. The average Bonchev–Trinajstić information content (AvgIpc) is 2.36. The van der Waals surface area contributed by atoms with E-state index in [4.69, 9.17) is 11.6 Å². The molecule has 1 aromatic carbocycles. The normalized spacial score (nSPS) is 12.6. The summed E-state index contributed by atoms with van der Waals surface area (Å²) in [5.74, 6) is 0. The van der Waals surface area contributed by atoms with Crippen LogP contribution in [0, 0.1) is 0 Å². The van der Waals surface area contributed by atoms with Gasteiger partial charge in [-0.15, -0.1) is 0 Å². The van der Waals surface area contributed by atoms with Crippen LogP contribution in [0.1, 0.15) is 18.9 Å². The molecule has 0 unspecified atom stereocenters. The van der Waals surface area contributed by atoms with Gasteiger partial charge < -0.3 is 5.32 Å². The maximum absolute atomic E-state index is 12.9. The second-order valence-corrected chi connectivity index (χ2v) is 6.37. The fraction of sp³-hybridized carbons (Fsp3) is 0.500. The largest absolute Gasteiger partial charge is 0.417 e. The molecule has 0 atom stereocenters. The molecule has 2 N–H and O–H groups in total. The van der Waals surface area contributed by atoms with E-state index in [1.54, 1.807) is 0 Å². The van der Waals surface area contributed by atoms with E-state index in [1.165, 1.54) is 0 Å². The van der Waals surface area contributed by atoms with Crippen LogP contribution in [0.3, 0.4) is 0 Å². The summed E-state index contributed by atoms with van der Waals surface area (Å²) in [5.41, 5.74) is -1.27. The zero-order chi connectivity index (χ0) is 16.1. The lowest BCUT2D eigenvalue weighted by Gasteiger charge is -2.15. The quantitative estimate of drug-likeness (QED) is 0.748. The number of alkyl halides is 3. The van der Waals surface area contributed by atoms with Crippen LogP contribution in [0.2, 0.25) is 5.02 Å². The Morgan fingerprint density at radius 1 is 1.19 bits per heavy atom. The van der Waals surface area contributed by atoms with Crippen molar-refractivity contribution in [2.45, 2.75) is 24.4 Å². The molecular formula is C12H16ClF3N2O2S. The van der Waals surface area contributed by atoms with Crippen molar-refractivity contribution >= 4 is 21.6 Å². The Kier molecular flexibility index (Phi) is 6.45. The number of sulfonamides is 1. The maximum Gasteiger partial charge on any atom is 0.417 e. The first-order valence-electron chi connectivity index (χ1n) is 6.26. The Balaban J connectivity index is 2.98. The van der Waals surface area contributed by atoms with Crippen molar-refractivity contribution in [1.29, 1.82) is 0 Å². The molecule has 0 saturated carbocycles. The highest BCUT2D eigenvalue weighted by molar-refractivity contribution is 7.89. The summed E-state index contributed by atoms with van der Waals surface area (Å²) in [6.07, 6.45) is -3.93. The molecule has 0 aliphatic rings. The summed E-state index contributed by atoms with van der Waals surface area (Å²) in [6, 6.07) is 2.86. The molecule has 9 heteroatoms. The molecule has 1 aromatic rings. The maximum atomic E-state index is 12.9. The summed E-state index contributed by atoms with van der Waals surface area (Å²) in [7, 11) is -4.33. The second-order valence-electron chi connectivity index (χ2n) is 4.26. The van der Waals surface area contributed by atoms with Crippen molar-refractivity contribution in [2.75, 3.05) is 19.6 Å². The molecule has 0 fully saturated rings. The van der Waals surface area contributed by atoms with Gasteiger partial charge in [0, 0.05) is 13.1 Å². The van der Waals surface area contributed by atoms with E-state index >= 15 is 0 Å². The highest BCUT2D eigenvalue weighted by atomic mass is 35.5. The molecule has 120 valence electrons. The van der Waals surface area contributed by atoms with Crippen LogP contribution in [0.25, 0.3) is 0 Å². The molecule has 0 radical (unpaired) electrons. The summed E-state index contributed by atoms with van der Waals surface area (Å²) < 4.78 is 64.8. The Labute approximate surface area is 126 Å². The number of benzene rings is 1. The van der Waals surface area contributed by atoms with Gasteiger partial charge >= 0.3 is 6.18 Å². The molecule has 4 nitrogen and oxygen atoms in total. The molecule has 0 spiro atoms. The van der Waals surface area contributed by atoms with Gasteiger partial charge in [0.15, 0.2) is 0 Å². The fourth-order valence-corrected chi connectivity index (χ4v) is 3.45. The lowest BCUT2D eigenvalue weighted by molar-refractivity contribution is -0.139. The van der Waals surface area contributed by atoms with Crippen molar-refractivity contribution in [2.24, 2.45) is 0 Å². The van der Waals surface area contributed by atoms with Crippen LogP contribution in [0.4, 0.5) is 13.2 Å². The minimum Gasteiger partial charge on any atom is -0.315 e. The van der Waals surface area contributed by atoms with Crippen LogP contribution in [0.15, 0.2) is 23.1 Å². The smallest absolute Gasteiger partial charge is 0.315 e. The van der Waals surface area contributed by atoms with Gasteiger partial charge in [0.05, 0.1) is 10.6 Å². The molecule has 0 heterocycles. The summed E-state index contributed by atoms with van der Waals surface area (Å²) >= 11 is 5.65. The summed E-state index contributed by atoms with van der Waals surface area (Å²) in [5, 5.41) is 2.48. The number of rotatable bonds is 7. The molecule has 0 aromatic heterocycles. The Hall–Kier alpha value is -0.830. The van der Waals surface area contributed by atoms with Crippen molar-refractivity contribution in [3.8, 4) is 0 Å². The van der Waals surface area contributed by atoms with Gasteiger partial charge in [0.2, 0.25) is 10.0 Å². The number of nitrogens with one attached hydrogen (secondary N) is 2. The van der Waals surface area contributed by atoms with E-state index in [1.807, 2.05) is 6.92 Å². The van der Waals surface area contributed by atoms with E-state index in [0.29, 0.717) is 19.2 Å². The van der Waals surface area contributed by atoms with E-state index in [2.05, 4.69) is 10.0 Å². The molecule has 1 rings (SSSR count). The van der Waals surface area contributed by atoms with Crippen molar-refractivity contribution in [1.82, 2.24) is 10.0 Å². The van der Waals surface area contributed by atoms with E-state index in [-0.39, 0.29) is 6.54 Å². The first-order chi connectivity index (χ1) is 9.70. The predicted molar refractivity (Wildman–Crippen MR) is 74.8 cm³/mol. The fourth-order valence-electron chi connectivity index (χ4n) is 1.65. The number of halogens is 4. The molecule has 21 heavy (non-hydrogen) atoms. The lowest BCUT2D eigenvalue weighted by atomic mass is 10.2. The monoisotopic (exact) mass is 344 g/mol. The van der Waals surface area contributed by atoms with Gasteiger partial charge in [-0.1, -0.05) is 24.6 Å². The van der Waals surface area contributed by atoms with Crippen molar-refractivity contribution in [3.05, 3.63) is 28.8 Å². The van der Waals surface area contributed by atoms with Gasteiger partial charge in [-0.3, -0.25) is 0 Å². The van der Waals surface area contributed by atoms with Crippen LogP contribution in [-0.4, -0.2) is 28.1 Å². The summed E-state index contributed by atoms with van der Waals surface area (Å²) in [6.45, 7) is 2.93. The second kappa shape index (κ2) is 7.44. The minimum atomic E-state index is -4.80. The molecule has 0 amide bonds. The zero-order valence-electron chi connectivity index (χ0n) is 11.3. The van der Waals surface area contributed by atoms with Crippen LogP contribution in [-0.2, 0) is 16.2 Å².